The number of aliphatic imine (C=N–C) groups is 1. The van der Waals surface area contributed by atoms with E-state index >= 15 is 0 Å². The molecule has 0 atom stereocenters. The molecule has 184 valence electrons. The van der Waals surface area contributed by atoms with E-state index in [-0.39, 0.29) is 22.3 Å². The van der Waals surface area contributed by atoms with E-state index in [1.807, 2.05) is 24.1 Å². The van der Waals surface area contributed by atoms with Crippen LogP contribution < -0.4 is 5.73 Å². The zero-order valence-corrected chi connectivity index (χ0v) is 21.8. The average molecular weight is 477 g/mol. The molecule has 1 aromatic heterocycles. The molecule has 0 aliphatic carbocycles. The molecule has 33 heavy (non-hydrogen) atoms. The number of aromatic nitrogens is 2. The van der Waals surface area contributed by atoms with Crippen molar-refractivity contribution in [2.75, 3.05) is 39.8 Å². The normalized spacial score (nSPS) is 20.8. The van der Waals surface area contributed by atoms with Crippen molar-refractivity contribution in [2.45, 2.75) is 66.3 Å². The Kier molecular flexibility index (Phi) is 8.27. The van der Waals surface area contributed by atoms with Crippen LogP contribution in [0.4, 0.5) is 0 Å². The molecular formula is C25H41ClN6O. The SMILES string of the molecule is CCn1ccc(/C(N)=C(\C(=O)N2CCC3(CCN(CCC(C)(C)C)CC3)CC2)C(Cl)=NC)n1. The first-order valence-electron chi connectivity index (χ1n) is 12.3. The minimum absolute atomic E-state index is 0.135. The predicted octanol–water partition coefficient (Wildman–Crippen LogP) is 3.98. The van der Waals surface area contributed by atoms with E-state index < -0.39 is 0 Å². The average Bonchev–Trinajstić information content (AvgIpc) is 3.28. The summed E-state index contributed by atoms with van der Waals surface area (Å²) in [7, 11) is 1.58. The zero-order valence-electron chi connectivity index (χ0n) is 21.0. The number of hydrogen-bond acceptors (Lipinski definition) is 5. The van der Waals surface area contributed by atoms with Gasteiger partial charge in [-0.15, -0.1) is 0 Å². The van der Waals surface area contributed by atoms with Crippen LogP contribution in [-0.2, 0) is 11.3 Å². The van der Waals surface area contributed by atoms with Gasteiger partial charge in [0.15, 0.2) is 0 Å². The van der Waals surface area contributed by atoms with Gasteiger partial charge in [0.25, 0.3) is 5.91 Å². The summed E-state index contributed by atoms with van der Waals surface area (Å²) in [6, 6.07) is 1.81. The second-order valence-electron chi connectivity index (χ2n) is 10.8. The van der Waals surface area contributed by atoms with Crippen LogP contribution in [0, 0.1) is 10.8 Å². The molecule has 2 fully saturated rings. The van der Waals surface area contributed by atoms with Gasteiger partial charge in [0, 0.05) is 32.9 Å². The van der Waals surface area contributed by atoms with E-state index in [2.05, 4.69) is 35.8 Å². The Labute approximate surface area is 204 Å². The van der Waals surface area contributed by atoms with Gasteiger partial charge in [-0.3, -0.25) is 14.5 Å². The molecule has 0 aromatic carbocycles. The molecule has 7 nitrogen and oxygen atoms in total. The van der Waals surface area contributed by atoms with Crippen molar-refractivity contribution in [1.82, 2.24) is 19.6 Å². The first-order valence-corrected chi connectivity index (χ1v) is 12.6. The number of rotatable bonds is 6. The fourth-order valence-corrected chi connectivity index (χ4v) is 5.01. The second kappa shape index (κ2) is 10.6. The predicted molar refractivity (Wildman–Crippen MR) is 136 cm³/mol. The Bertz CT molecular complexity index is 879. The van der Waals surface area contributed by atoms with E-state index in [1.165, 1.54) is 25.8 Å². The monoisotopic (exact) mass is 476 g/mol. The minimum Gasteiger partial charge on any atom is -0.396 e. The highest BCUT2D eigenvalue weighted by atomic mass is 35.5. The quantitative estimate of drug-likeness (QED) is 0.497. The van der Waals surface area contributed by atoms with Gasteiger partial charge >= 0.3 is 0 Å². The lowest BCUT2D eigenvalue weighted by atomic mass is 9.71. The number of amides is 1. The summed E-state index contributed by atoms with van der Waals surface area (Å²) in [5, 5.41) is 4.58. The molecule has 2 saturated heterocycles. The van der Waals surface area contributed by atoms with Gasteiger partial charge in [-0.2, -0.15) is 5.10 Å². The van der Waals surface area contributed by atoms with E-state index in [0.717, 1.165) is 45.6 Å². The number of nitrogens with two attached hydrogens (primary N) is 1. The summed E-state index contributed by atoms with van der Waals surface area (Å²) < 4.78 is 1.78. The summed E-state index contributed by atoms with van der Waals surface area (Å²) in [6.07, 6.45) is 7.58. The smallest absolute Gasteiger partial charge is 0.259 e. The number of hydrogen-bond donors (Lipinski definition) is 1. The van der Waals surface area contributed by atoms with Crippen LogP contribution in [0.5, 0.6) is 0 Å². The van der Waals surface area contributed by atoms with Gasteiger partial charge in [0.2, 0.25) is 0 Å². The molecule has 0 unspecified atom stereocenters. The molecule has 0 bridgehead atoms. The topological polar surface area (TPSA) is 79.8 Å². The first-order chi connectivity index (χ1) is 15.6. The summed E-state index contributed by atoms with van der Waals surface area (Å²) >= 11 is 6.38. The summed E-state index contributed by atoms with van der Waals surface area (Å²) in [4.78, 5) is 22.0. The highest BCUT2D eigenvalue weighted by Gasteiger charge is 2.39. The fourth-order valence-electron chi connectivity index (χ4n) is 4.82. The molecule has 1 aromatic rings. The van der Waals surface area contributed by atoms with Crippen LogP contribution in [-0.4, -0.2) is 70.4 Å². The number of nitrogens with zero attached hydrogens (tertiary/aromatic N) is 5. The number of aryl methyl sites for hydroxylation is 1. The fraction of sp³-hybridized carbons (Fsp3) is 0.720. The van der Waals surface area contributed by atoms with Crippen LogP contribution in [0.3, 0.4) is 0 Å². The van der Waals surface area contributed by atoms with Gasteiger partial charge in [-0.05, 0) is 75.6 Å². The van der Waals surface area contributed by atoms with Gasteiger partial charge < -0.3 is 15.5 Å². The molecule has 2 aliphatic rings. The van der Waals surface area contributed by atoms with E-state index in [1.54, 1.807) is 11.7 Å². The molecule has 0 radical (unpaired) electrons. The molecule has 2 aliphatic heterocycles. The molecule has 8 heteroatoms. The number of piperidine rings is 2. The molecule has 0 saturated carbocycles. The Morgan fingerprint density at radius 2 is 1.79 bits per heavy atom. The number of carbonyl (C=O) groups excluding carboxylic acids is 1. The number of likely N-dealkylation sites (tertiary alicyclic amines) is 2. The van der Waals surface area contributed by atoms with Crippen molar-refractivity contribution in [1.29, 1.82) is 0 Å². The van der Waals surface area contributed by atoms with Crippen molar-refractivity contribution in [3.63, 3.8) is 0 Å². The standard InChI is InChI=1S/C25H41ClN6O/c1-6-32-13-7-19(29-32)21(27)20(22(26)28-5)23(33)31-17-11-25(12-18-31)9-15-30(16-10-25)14-8-24(2,3)4/h7,13H,6,8-12,14-18,27H2,1-5H3/b21-20+,28-22?. The van der Waals surface area contributed by atoms with Crippen LogP contribution >= 0.6 is 11.6 Å². The molecular weight excluding hydrogens is 436 g/mol. The second-order valence-corrected chi connectivity index (χ2v) is 11.2. The highest BCUT2D eigenvalue weighted by molar-refractivity contribution is 6.73. The van der Waals surface area contributed by atoms with Crippen LogP contribution in [0.1, 0.15) is 65.5 Å². The maximum Gasteiger partial charge on any atom is 0.259 e. The Morgan fingerprint density at radius 1 is 1.18 bits per heavy atom. The van der Waals surface area contributed by atoms with Gasteiger partial charge in [-0.1, -0.05) is 32.4 Å². The van der Waals surface area contributed by atoms with Gasteiger partial charge in [0.1, 0.15) is 16.4 Å². The Balaban J connectivity index is 1.64. The highest BCUT2D eigenvalue weighted by Crippen LogP contribution is 2.42. The number of carbonyl (C=O) groups is 1. The maximum atomic E-state index is 13.5. The molecule has 1 amide bonds. The van der Waals surface area contributed by atoms with Crippen LogP contribution in [0.15, 0.2) is 22.8 Å². The Hall–Kier alpha value is -1.86. The molecule has 2 N–H and O–H groups in total. The zero-order chi connectivity index (χ0) is 24.2. The lowest BCUT2D eigenvalue weighted by Crippen LogP contribution is -2.49. The third-order valence-electron chi connectivity index (χ3n) is 7.33. The third kappa shape index (κ3) is 6.38. The van der Waals surface area contributed by atoms with Crippen molar-refractivity contribution in [3.05, 3.63) is 23.5 Å². The molecule has 1 spiro atoms. The first kappa shape index (κ1) is 25.8. The Morgan fingerprint density at radius 3 is 2.30 bits per heavy atom. The van der Waals surface area contributed by atoms with Gasteiger partial charge in [0.05, 0.1) is 5.70 Å². The van der Waals surface area contributed by atoms with E-state index in [0.29, 0.717) is 16.5 Å². The van der Waals surface area contributed by atoms with Crippen LogP contribution in [0.25, 0.3) is 5.70 Å². The maximum absolute atomic E-state index is 13.5. The lowest BCUT2D eigenvalue weighted by molar-refractivity contribution is -0.129. The van der Waals surface area contributed by atoms with Gasteiger partial charge in [-0.25, -0.2) is 0 Å². The van der Waals surface area contributed by atoms with Crippen molar-refractivity contribution >= 4 is 28.4 Å². The molecule has 3 heterocycles. The number of halogens is 1. The summed E-state index contributed by atoms with van der Waals surface area (Å²) in [5.74, 6) is -0.147. The van der Waals surface area contributed by atoms with Crippen molar-refractivity contribution in [3.8, 4) is 0 Å². The summed E-state index contributed by atoms with van der Waals surface area (Å²) in [5.41, 5.74) is 8.22. The largest absolute Gasteiger partial charge is 0.396 e. The third-order valence-corrected chi connectivity index (χ3v) is 7.69. The summed E-state index contributed by atoms with van der Waals surface area (Å²) in [6.45, 7) is 14.6. The van der Waals surface area contributed by atoms with Crippen molar-refractivity contribution in [2.24, 2.45) is 21.6 Å². The van der Waals surface area contributed by atoms with Crippen LogP contribution in [0.2, 0.25) is 0 Å². The van der Waals surface area contributed by atoms with E-state index in [4.69, 9.17) is 17.3 Å². The lowest BCUT2D eigenvalue weighted by Gasteiger charge is -2.47. The minimum atomic E-state index is -0.147. The van der Waals surface area contributed by atoms with E-state index in [9.17, 15) is 4.79 Å². The molecule has 3 rings (SSSR count). The van der Waals surface area contributed by atoms with Crippen molar-refractivity contribution < 1.29 is 4.79 Å².